The van der Waals surface area contributed by atoms with Crippen molar-refractivity contribution in [2.24, 2.45) is 11.8 Å². The Bertz CT molecular complexity index is 960. The number of benzene rings is 2. The molecule has 0 heterocycles. The quantitative estimate of drug-likeness (QED) is 0.627. The Kier molecular flexibility index (Phi) is 6.78. The number of carboxylic acids is 1. The fourth-order valence-electron chi connectivity index (χ4n) is 3.97. The summed E-state index contributed by atoms with van der Waals surface area (Å²) < 4.78 is 0. The van der Waals surface area contributed by atoms with Crippen LogP contribution in [0, 0.1) is 11.8 Å². The Morgan fingerprint density at radius 1 is 0.871 bits per heavy atom. The molecule has 0 aliphatic heterocycles. The lowest BCUT2D eigenvalue weighted by Gasteiger charge is -2.27. The molecule has 0 aromatic heterocycles. The fourth-order valence-corrected chi connectivity index (χ4v) is 3.97. The van der Waals surface area contributed by atoms with Gasteiger partial charge in [-0.3, -0.25) is 14.4 Å². The smallest absolute Gasteiger partial charge is 0.307 e. The van der Waals surface area contributed by atoms with Gasteiger partial charge in [0.15, 0.2) is 0 Å². The Morgan fingerprint density at radius 2 is 1.45 bits per heavy atom. The lowest BCUT2D eigenvalue weighted by Crippen LogP contribution is -2.36. The Morgan fingerprint density at radius 3 is 2.03 bits per heavy atom. The minimum Gasteiger partial charge on any atom is -0.481 e. The maximum Gasteiger partial charge on any atom is 0.307 e. The van der Waals surface area contributed by atoms with Crippen molar-refractivity contribution in [3.05, 3.63) is 59.7 Å². The molecule has 2 aromatic rings. The van der Waals surface area contributed by atoms with Crippen LogP contribution >= 0.6 is 0 Å². The van der Waals surface area contributed by atoms with E-state index in [4.69, 9.17) is 0 Å². The van der Waals surface area contributed by atoms with E-state index in [1.54, 1.807) is 36.4 Å². The molecular formula is C25H30N2O4. The van der Waals surface area contributed by atoms with Gasteiger partial charge in [0.25, 0.3) is 5.91 Å². The number of carbonyl (C=O) groups excluding carboxylic acids is 2. The molecule has 1 aliphatic rings. The molecule has 6 heteroatoms. The second kappa shape index (κ2) is 9.33. The van der Waals surface area contributed by atoms with Crippen molar-refractivity contribution in [3.8, 4) is 0 Å². The minimum atomic E-state index is -0.918. The zero-order chi connectivity index (χ0) is 22.6. The predicted molar refractivity (Wildman–Crippen MR) is 121 cm³/mol. The Hall–Kier alpha value is -3.15. The summed E-state index contributed by atoms with van der Waals surface area (Å²) in [6.07, 6.45) is 2.78. The maximum atomic E-state index is 12.7. The van der Waals surface area contributed by atoms with Crippen LogP contribution in [-0.2, 0) is 15.0 Å². The SMILES string of the molecule is CC(C)(C)c1ccc(C(=O)Nc2cccc(NC(=O)C3CCCCC3C(=O)O)c2)cc1. The third-order valence-corrected chi connectivity index (χ3v) is 5.82. The van der Waals surface area contributed by atoms with E-state index in [1.807, 2.05) is 12.1 Å². The standard InChI is InChI=1S/C25H30N2O4/c1-25(2,3)17-13-11-16(12-14-17)22(28)26-18-7-6-8-19(15-18)27-23(29)20-9-4-5-10-21(20)24(30)31/h6-8,11-15,20-21H,4-5,9-10H2,1-3H3,(H,26,28)(H,27,29)(H,30,31). The molecule has 6 nitrogen and oxygen atoms in total. The van der Waals surface area contributed by atoms with Gasteiger partial charge in [-0.05, 0) is 54.2 Å². The van der Waals surface area contributed by atoms with Crippen molar-refractivity contribution in [2.45, 2.75) is 51.9 Å². The van der Waals surface area contributed by atoms with E-state index in [2.05, 4.69) is 31.4 Å². The van der Waals surface area contributed by atoms with E-state index in [0.29, 0.717) is 29.8 Å². The normalized spacial score (nSPS) is 18.8. The Balaban J connectivity index is 1.66. The molecule has 2 atom stereocenters. The molecule has 1 aliphatic carbocycles. The topological polar surface area (TPSA) is 95.5 Å². The number of carboxylic acid groups (broad SMARTS) is 1. The van der Waals surface area contributed by atoms with Gasteiger partial charge in [0, 0.05) is 16.9 Å². The van der Waals surface area contributed by atoms with Crippen molar-refractivity contribution in [1.82, 2.24) is 0 Å². The molecule has 1 fully saturated rings. The summed E-state index contributed by atoms with van der Waals surface area (Å²) in [6.45, 7) is 6.36. The van der Waals surface area contributed by atoms with Gasteiger partial charge in [-0.2, -0.15) is 0 Å². The van der Waals surface area contributed by atoms with Crippen LogP contribution in [0.4, 0.5) is 11.4 Å². The minimum absolute atomic E-state index is 0.0134. The summed E-state index contributed by atoms with van der Waals surface area (Å²) >= 11 is 0. The van der Waals surface area contributed by atoms with Crippen molar-refractivity contribution < 1.29 is 19.5 Å². The van der Waals surface area contributed by atoms with Crippen molar-refractivity contribution in [2.75, 3.05) is 10.6 Å². The third kappa shape index (κ3) is 5.72. The molecule has 2 amide bonds. The van der Waals surface area contributed by atoms with Crippen molar-refractivity contribution in [3.63, 3.8) is 0 Å². The highest BCUT2D eigenvalue weighted by Gasteiger charge is 2.35. The number of amides is 2. The van der Waals surface area contributed by atoms with E-state index >= 15 is 0 Å². The summed E-state index contributed by atoms with van der Waals surface area (Å²) in [7, 11) is 0. The first kappa shape index (κ1) is 22.5. The molecule has 164 valence electrons. The van der Waals surface area contributed by atoms with Crippen LogP contribution in [0.15, 0.2) is 48.5 Å². The zero-order valence-corrected chi connectivity index (χ0v) is 18.3. The van der Waals surface area contributed by atoms with E-state index in [1.165, 1.54) is 0 Å². The highest BCUT2D eigenvalue weighted by atomic mass is 16.4. The number of nitrogens with one attached hydrogen (secondary N) is 2. The van der Waals surface area contributed by atoms with Gasteiger partial charge in [0.05, 0.1) is 11.8 Å². The number of rotatable bonds is 5. The summed E-state index contributed by atoms with van der Waals surface area (Å²) in [5, 5.41) is 15.1. The Labute approximate surface area is 183 Å². The van der Waals surface area contributed by atoms with Gasteiger partial charge in [0.1, 0.15) is 0 Å². The van der Waals surface area contributed by atoms with Gasteiger partial charge >= 0.3 is 5.97 Å². The molecule has 31 heavy (non-hydrogen) atoms. The molecule has 0 bridgehead atoms. The van der Waals surface area contributed by atoms with Crippen LogP contribution in [-0.4, -0.2) is 22.9 Å². The monoisotopic (exact) mass is 422 g/mol. The van der Waals surface area contributed by atoms with Crippen molar-refractivity contribution in [1.29, 1.82) is 0 Å². The second-order valence-electron chi connectivity index (χ2n) is 9.19. The van der Waals surface area contributed by atoms with E-state index in [0.717, 1.165) is 18.4 Å². The van der Waals surface area contributed by atoms with E-state index < -0.39 is 17.8 Å². The average molecular weight is 423 g/mol. The largest absolute Gasteiger partial charge is 0.481 e. The van der Waals surface area contributed by atoms with E-state index in [-0.39, 0.29) is 17.2 Å². The fraction of sp³-hybridized carbons (Fsp3) is 0.400. The predicted octanol–water partition coefficient (Wildman–Crippen LogP) is 5.07. The van der Waals surface area contributed by atoms with Gasteiger partial charge in [0.2, 0.25) is 5.91 Å². The zero-order valence-electron chi connectivity index (χ0n) is 18.3. The van der Waals surface area contributed by atoms with Crippen LogP contribution in [0.5, 0.6) is 0 Å². The summed E-state index contributed by atoms with van der Waals surface area (Å²) in [6, 6.07) is 14.4. The molecule has 0 radical (unpaired) electrons. The average Bonchev–Trinajstić information content (AvgIpc) is 2.73. The summed E-state index contributed by atoms with van der Waals surface area (Å²) in [5.41, 5.74) is 2.80. The number of anilines is 2. The molecule has 2 aromatic carbocycles. The summed E-state index contributed by atoms with van der Waals surface area (Å²) in [4.78, 5) is 36.8. The first-order chi connectivity index (χ1) is 14.6. The molecule has 3 rings (SSSR count). The lowest BCUT2D eigenvalue weighted by molar-refractivity contribution is -0.147. The molecule has 0 spiro atoms. The van der Waals surface area contributed by atoms with Crippen LogP contribution in [0.3, 0.4) is 0 Å². The van der Waals surface area contributed by atoms with Gasteiger partial charge in [-0.25, -0.2) is 0 Å². The van der Waals surface area contributed by atoms with Gasteiger partial charge in [-0.15, -0.1) is 0 Å². The van der Waals surface area contributed by atoms with Crippen LogP contribution in [0.25, 0.3) is 0 Å². The summed E-state index contributed by atoms with van der Waals surface area (Å²) in [5.74, 6) is -2.62. The van der Waals surface area contributed by atoms with E-state index in [9.17, 15) is 19.5 Å². The maximum absolute atomic E-state index is 12.7. The highest BCUT2D eigenvalue weighted by Crippen LogP contribution is 2.31. The van der Waals surface area contributed by atoms with Crippen LogP contribution < -0.4 is 10.6 Å². The number of hydrogen-bond donors (Lipinski definition) is 3. The molecule has 2 unspecified atom stereocenters. The van der Waals surface area contributed by atoms with Crippen LogP contribution in [0.2, 0.25) is 0 Å². The van der Waals surface area contributed by atoms with Crippen molar-refractivity contribution >= 4 is 29.2 Å². The number of hydrogen-bond acceptors (Lipinski definition) is 3. The molecule has 1 saturated carbocycles. The number of aliphatic carboxylic acids is 1. The van der Waals surface area contributed by atoms with Gasteiger partial charge in [-0.1, -0.05) is 51.8 Å². The number of carbonyl (C=O) groups is 3. The molecule has 0 saturated heterocycles. The van der Waals surface area contributed by atoms with Crippen LogP contribution in [0.1, 0.15) is 62.4 Å². The lowest BCUT2D eigenvalue weighted by atomic mass is 9.78. The first-order valence-electron chi connectivity index (χ1n) is 10.7. The third-order valence-electron chi connectivity index (χ3n) is 5.82. The molecule has 3 N–H and O–H groups in total. The van der Waals surface area contributed by atoms with Gasteiger partial charge < -0.3 is 15.7 Å². The second-order valence-corrected chi connectivity index (χ2v) is 9.19. The molecular weight excluding hydrogens is 392 g/mol. The highest BCUT2D eigenvalue weighted by molar-refractivity contribution is 6.04. The first-order valence-corrected chi connectivity index (χ1v) is 10.7.